The molecule has 0 saturated carbocycles. The smallest absolute Gasteiger partial charge is 0.410 e. The van der Waals surface area contributed by atoms with Crippen molar-refractivity contribution in [1.29, 1.82) is 0 Å². The second-order valence-electron chi connectivity index (χ2n) is 8.32. The van der Waals surface area contributed by atoms with E-state index in [-0.39, 0.29) is 6.09 Å². The Hall–Kier alpha value is -3.09. The minimum atomic E-state index is -0.474. The topological polar surface area (TPSA) is 63.5 Å². The van der Waals surface area contributed by atoms with Gasteiger partial charge in [-0.05, 0) is 38.5 Å². The van der Waals surface area contributed by atoms with E-state index in [1.165, 1.54) is 5.56 Å². The highest BCUT2D eigenvalue weighted by molar-refractivity contribution is 5.73. The summed E-state index contributed by atoms with van der Waals surface area (Å²) in [5.74, 6) is 0.913. The number of anilines is 1. The van der Waals surface area contributed by atoms with E-state index in [9.17, 15) is 4.79 Å². The lowest BCUT2D eigenvalue weighted by Gasteiger charge is -2.36. The molecule has 1 amide bonds. The SMILES string of the molecule is CC(C)(C)OC(=O)N1CCN(c2ccc3ncn(Cc4ccccc4)c3n2)CC1. The second kappa shape index (κ2) is 7.73. The van der Waals surface area contributed by atoms with Crippen LogP contribution < -0.4 is 4.90 Å². The molecule has 0 unspecified atom stereocenters. The van der Waals surface area contributed by atoms with Gasteiger partial charge in [0.1, 0.15) is 16.9 Å². The standard InChI is InChI=1S/C22H27N5O2/c1-22(2,3)29-21(28)26-13-11-25(12-14-26)19-10-9-18-20(24-19)27(16-23-18)15-17-7-5-4-6-8-17/h4-10,16H,11-15H2,1-3H3. The molecule has 1 aromatic carbocycles. The normalized spacial score (nSPS) is 15.0. The summed E-state index contributed by atoms with van der Waals surface area (Å²) in [6.45, 7) is 9.10. The third-order valence-electron chi connectivity index (χ3n) is 4.90. The summed E-state index contributed by atoms with van der Waals surface area (Å²) in [5.41, 5.74) is 2.50. The Kier molecular flexibility index (Phi) is 5.13. The van der Waals surface area contributed by atoms with Crippen LogP contribution in [0.3, 0.4) is 0 Å². The number of nitrogens with zero attached hydrogens (tertiary/aromatic N) is 5. The summed E-state index contributed by atoms with van der Waals surface area (Å²) in [6, 6.07) is 14.3. The van der Waals surface area contributed by atoms with Gasteiger partial charge in [-0.3, -0.25) is 0 Å². The van der Waals surface area contributed by atoms with E-state index in [1.54, 1.807) is 4.90 Å². The van der Waals surface area contributed by atoms with Crippen molar-refractivity contribution in [2.24, 2.45) is 0 Å². The molecule has 3 heterocycles. The first-order valence-corrected chi connectivity index (χ1v) is 9.98. The Bertz CT molecular complexity index is 985. The third-order valence-corrected chi connectivity index (χ3v) is 4.90. The lowest BCUT2D eigenvalue weighted by Crippen LogP contribution is -2.50. The number of imidazole rings is 1. The molecule has 152 valence electrons. The number of benzene rings is 1. The molecule has 2 aromatic heterocycles. The zero-order chi connectivity index (χ0) is 20.4. The molecule has 1 fully saturated rings. The summed E-state index contributed by atoms with van der Waals surface area (Å²) in [4.78, 5) is 25.6. The van der Waals surface area contributed by atoms with Crippen LogP contribution in [0.4, 0.5) is 10.6 Å². The molecule has 1 saturated heterocycles. The molecule has 1 aliphatic rings. The molecule has 7 nitrogen and oxygen atoms in total. The number of rotatable bonds is 3. The molecule has 0 N–H and O–H groups in total. The number of pyridine rings is 1. The van der Waals surface area contributed by atoms with Crippen LogP contribution in [-0.2, 0) is 11.3 Å². The summed E-state index contributed by atoms with van der Waals surface area (Å²) in [7, 11) is 0. The fraction of sp³-hybridized carbons (Fsp3) is 0.409. The average Bonchev–Trinajstić information content (AvgIpc) is 3.10. The molecule has 0 aliphatic carbocycles. The maximum atomic E-state index is 12.3. The molecule has 0 radical (unpaired) electrons. The van der Waals surface area contributed by atoms with Gasteiger partial charge in [0, 0.05) is 26.2 Å². The van der Waals surface area contributed by atoms with Gasteiger partial charge in [0.2, 0.25) is 0 Å². The zero-order valence-corrected chi connectivity index (χ0v) is 17.2. The number of piperazine rings is 1. The first-order valence-electron chi connectivity index (χ1n) is 9.98. The van der Waals surface area contributed by atoms with Gasteiger partial charge in [-0.25, -0.2) is 14.8 Å². The number of carbonyl (C=O) groups excluding carboxylic acids is 1. The monoisotopic (exact) mass is 393 g/mol. The van der Waals surface area contributed by atoms with Gasteiger partial charge >= 0.3 is 6.09 Å². The number of aromatic nitrogens is 3. The van der Waals surface area contributed by atoms with Crippen LogP contribution >= 0.6 is 0 Å². The molecule has 3 aromatic rings. The van der Waals surface area contributed by atoms with Crippen molar-refractivity contribution in [3.8, 4) is 0 Å². The molecule has 7 heteroatoms. The summed E-state index contributed by atoms with van der Waals surface area (Å²) in [6.07, 6.45) is 1.59. The van der Waals surface area contributed by atoms with Crippen LogP contribution in [-0.4, -0.2) is 57.3 Å². The van der Waals surface area contributed by atoms with Gasteiger partial charge in [0.15, 0.2) is 5.65 Å². The van der Waals surface area contributed by atoms with Crippen molar-refractivity contribution in [3.05, 3.63) is 54.4 Å². The molecule has 29 heavy (non-hydrogen) atoms. The molecular weight excluding hydrogens is 366 g/mol. The minimum absolute atomic E-state index is 0.249. The quantitative estimate of drug-likeness (QED) is 0.681. The van der Waals surface area contributed by atoms with Crippen LogP contribution in [0.1, 0.15) is 26.3 Å². The largest absolute Gasteiger partial charge is 0.444 e. The lowest BCUT2D eigenvalue weighted by atomic mass is 10.2. The van der Waals surface area contributed by atoms with Gasteiger partial charge in [-0.2, -0.15) is 0 Å². The fourth-order valence-corrected chi connectivity index (χ4v) is 3.45. The van der Waals surface area contributed by atoms with Crippen LogP contribution in [0, 0.1) is 0 Å². The molecule has 0 spiro atoms. The molecule has 1 aliphatic heterocycles. The lowest BCUT2D eigenvalue weighted by molar-refractivity contribution is 0.0240. The summed E-state index contributed by atoms with van der Waals surface area (Å²) < 4.78 is 7.55. The predicted octanol–water partition coefficient (Wildman–Crippen LogP) is 3.54. The highest BCUT2D eigenvalue weighted by Gasteiger charge is 2.26. The summed E-state index contributed by atoms with van der Waals surface area (Å²) in [5, 5.41) is 0. The van der Waals surface area contributed by atoms with E-state index >= 15 is 0 Å². The number of fused-ring (bicyclic) bond motifs is 1. The Labute approximate surface area is 170 Å². The van der Waals surface area contributed by atoms with Gasteiger partial charge in [0.25, 0.3) is 0 Å². The molecule has 0 atom stereocenters. The first-order chi connectivity index (χ1) is 13.9. The van der Waals surface area contributed by atoms with Crippen molar-refractivity contribution >= 4 is 23.1 Å². The predicted molar refractivity (Wildman–Crippen MR) is 113 cm³/mol. The van der Waals surface area contributed by atoms with Crippen molar-refractivity contribution in [1.82, 2.24) is 19.4 Å². The Morgan fingerprint density at radius 1 is 1.03 bits per heavy atom. The zero-order valence-electron chi connectivity index (χ0n) is 17.2. The van der Waals surface area contributed by atoms with Gasteiger partial charge in [0.05, 0.1) is 12.9 Å². The Morgan fingerprint density at radius 2 is 1.76 bits per heavy atom. The van der Waals surface area contributed by atoms with Crippen molar-refractivity contribution in [2.45, 2.75) is 32.9 Å². The van der Waals surface area contributed by atoms with Gasteiger partial charge in [-0.15, -0.1) is 0 Å². The van der Waals surface area contributed by atoms with Crippen molar-refractivity contribution in [3.63, 3.8) is 0 Å². The van der Waals surface area contributed by atoms with Crippen LogP contribution in [0.2, 0.25) is 0 Å². The third kappa shape index (κ3) is 4.50. The Morgan fingerprint density at radius 3 is 2.45 bits per heavy atom. The minimum Gasteiger partial charge on any atom is -0.444 e. The number of hydrogen-bond donors (Lipinski definition) is 0. The second-order valence-corrected chi connectivity index (χ2v) is 8.32. The number of ether oxygens (including phenoxy) is 1. The van der Waals surface area contributed by atoms with Crippen LogP contribution in [0.15, 0.2) is 48.8 Å². The maximum absolute atomic E-state index is 12.3. The van der Waals surface area contributed by atoms with E-state index in [0.717, 1.165) is 36.6 Å². The average molecular weight is 393 g/mol. The van der Waals surface area contributed by atoms with Crippen LogP contribution in [0.5, 0.6) is 0 Å². The maximum Gasteiger partial charge on any atom is 0.410 e. The van der Waals surface area contributed by atoms with Crippen molar-refractivity contribution in [2.75, 3.05) is 31.1 Å². The number of amides is 1. The van der Waals surface area contributed by atoms with Gasteiger partial charge in [-0.1, -0.05) is 30.3 Å². The summed E-state index contributed by atoms with van der Waals surface area (Å²) >= 11 is 0. The van der Waals surface area contributed by atoms with E-state index < -0.39 is 5.60 Å². The van der Waals surface area contributed by atoms with E-state index in [2.05, 4.69) is 26.6 Å². The fourth-order valence-electron chi connectivity index (χ4n) is 3.45. The van der Waals surface area contributed by atoms with Gasteiger partial charge < -0.3 is 19.1 Å². The van der Waals surface area contributed by atoms with Crippen molar-refractivity contribution < 1.29 is 9.53 Å². The Balaban J connectivity index is 1.46. The number of hydrogen-bond acceptors (Lipinski definition) is 5. The highest BCUT2D eigenvalue weighted by atomic mass is 16.6. The van der Waals surface area contributed by atoms with E-state index in [4.69, 9.17) is 9.72 Å². The molecule has 0 bridgehead atoms. The van der Waals surface area contributed by atoms with E-state index in [0.29, 0.717) is 13.1 Å². The van der Waals surface area contributed by atoms with Crippen LogP contribution in [0.25, 0.3) is 11.2 Å². The first kappa shape index (κ1) is 19.2. The molecular formula is C22H27N5O2. The highest BCUT2D eigenvalue weighted by Crippen LogP contribution is 2.20. The number of carbonyl (C=O) groups is 1. The van der Waals surface area contributed by atoms with E-state index in [1.807, 2.05) is 57.4 Å². The molecule has 4 rings (SSSR count).